The highest BCUT2D eigenvalue weighted by atomic mass is 16.5. The normalized spacial score (nSPS) is 18.4. The summed E-state index contributed by atoms with van der Waals surface area (Å²) in [7, 11) is 1.61. The van der Waals surface area contributed by atoms with Crippen LogP contribution in [0.1, 0.15) is 18.4 Å². The van der Waals surface area contributed by atoms with Crippen LogP contribution >= 0.6 is 0 Å². The predicted molar refractivity (Wildman–Crippen MR) is 117 cm³/mol. The topological polar surface area (TPSA) is 54.5 Å². The zero-order valence-corrected chi connectivity index (χ0v) is 16.8. The number of allylic oxidation sites excluding steroid dienone is 2. The highest BCUT2D eigenvalue weighted by molar-refractivity contribution is 6.07. The molecule has 3 rings (SSSR count). The molecule has 0 spiro atoms. The van der Waals surface area contributed by atoms with Gasteiger partial charge >= 0.3 is 0 Å². The summed E-state index contributed by atoms with van der Waals surface area (Å²) in [5, 5.41) is 2.95. The molecule has 0 atom stereocenters. The maximum atomic E-state index is 12.9. The Bertz CT molecular complexity index is 903. The van der Waals surface area contributed by atoms with Gasteiger partial charge in [0.1, 0.15) is 5.75 Å². The summed E-state index contributed by atoms with van der Waals surface area (Å²) in [5.41, 5.74) is 3.37. The van der Waals surface area contributed by atoms with Crippen LogP contribution in [0.3, 0.4) is 0 Å². The number of ether oxygens (including phenoxy) is 1. The quantitative estimate of drug-likeness (QED) is 0.825. The minimum absolute atomic E-state index is 0.158. The van der Waals surface area contributed by atoms with Crippen LogP contribution in [0.4, 0.5) is 5.69 Å². The molecule has 0 radical (unpaired) electrons. The van der Waals surface area contributed by atoms with Crippen molar-refractivity contribution in [3.05, 3.63) is 90.3 Å². The predicted octanol–water partition coefficient (Wildman–Crippen LogP) is 4.36. The van der Waals surface area contributed by atoms with Crippen LogP contribution in [0, 0.1) is 0 Å². The van der Waals surface area contributed by atoms with Crippen molar-refractivity contribution in [2.75, 3.05) is 25.5 Å². The molecule has 1 aromatic carbocycles. The number of carbonyl (C=O) groups is 1. The molecule has 5 nitrogen and oxygen atoms in total. The zero-order chi connectivity index (χ0) is 20.5. The monoisotopic (exact) mass is 389 g/mol. The van der Waals surface area contributed by atoms with Crippen molar-refractivity contribution < 1.29 is 9.53 Å². The van der Waals surface area contributed by atoms with E-state index in [-0.39, 0.29) is 5.91 Å². The number of anilines is 1. The molecule has 1 aromatic heterocycles. The lowest BCUT2D eigenvalue weighted by atomic mass is 10.0. The lowest BCUT2D eigenvalue weighted by Gasteiger charge is -2.23. The van der Waals surface area contributed by atoms with E-state index >= 15 is 0 Å². The Hall–Kier alpha value is -3.18. The molecule has 1 amide bonds. The number of benzene rings is 1. The van der Waals surface area contributed by atoms with E-state index in [1.807, 2.05) is 54.9 Å². The largest absolute Gasteiger partial charge is 0.497 e. The summed E-state index contributed by atoms with van der Waals surface area (Å²) in [6.45, 7) is 6.85. The molecule has 2 heterocycles. The van der Waals surface area contributed by atoms with Crippen molar-refractivity contribution >= 4 is 11.6 Å². The summed E-state index contributed by atoms with van der Waals surface area (Å²) in [4.78, 5) is 19.3. The standard InChI is InChI=1S/C24H27N3O2/c1-19-12-16-27(18-20-10-13-25-14-11-20)15-5-3-4-9-23(19)24(28)26-21-7-6-8-22(17-21)29-2/h3-4,6-11,13-14,17H,1,5,12,15-16,18H2,2H3,(H,26,28)/b4-3-,23-9+. The van der Waals surface area contributed by atoms with E-state index in [1.165, 1.54) is 5.56 Å². The molecule has 0 aliphatic carbocycles. The molecule has 2 aromatic rings. The number of carbonyl (C=O) groups excluding carboxylic acids is 1. The Kier molecular flexibility index (Phi) is 7.36. The third kappa shape index (κ3) is 6.16. The first-order valence-corrected chi connectivity index (χ1v) is 9.77. The third-order valence-corrected chi connectivity index (χ3v) is 4.85. The van der Waals surface area contributed by atoms with Gasteiger partial charge in [0, 0.05) is 49.4 Å². The lowest BCUT2D eigenvalue weighted by molar-refractivity contribution is -0.112. The van der Waals surface area contributed by atoms with E-state index in [0.29, 0.717) is 17.0 Å². The highest BCUT2D eigenvalue weighted by Crippen LogP contribution is 2.21. The molecule has 0 unspecified atom stereocenters. The van der Waals surface area contributed by atoms with Crippen molar-refractivity contribution in [1.29, 1.82) is 0 Å². The second-order valence-electron chi connectivity index (χ2n) is 6.97. The average Bonchev–Trinajstić information content (AvgIpc) is 2.74. The van der Waals surface area contributed by atoms with Gasteiger partial charge < -0.3 is 10.1 Å². The first-order valence-electron chi connectivity index (χ1n) is 9.77. The Morgan fingerprint density at radius 1 is 1.24 bits per heavy atom. The van der Waals surface area contributed by atoms with E-state index in [1.54, 1.807) is 13.2 Å². The maximum Gasteiger partial charge on any atom is 0.255 e. The van der Waals surface area contributed by atoms with Crippen LogP contribution in [0.15, 0.2) is 84.7 Å². The summed E-state index contributed by atoms with van der Waals surface area (Å²) >= 11 is 0. The van der Waals surface area contributed by atoms with Crippen molar-refractivity contribution in [2.45, 2.75) is 19.4 Å². The van der Waals surface area contributed by atoms with E-state index in [9.17, 15) is 4.79 Å². The number of hydrogen-bond donors (Lipinski definition) is 1. The minimum Gasteiger partial charge on any atom is -0.497 e. The van der Waals surface area contributed by atoms with Gasteiger partial charge in [0.25, 0.3) is 5.91 Å². The Morgan fingerprint density at radius 3 is 2.86 bits per heavy atom. The van der Waals surface area contributed by atoms with Crippen molar-refractivity contribution in [2.24, 2.45) is 0 Å². The summed E-state index contributed by atoms with van der Waals surface area (Å²) in [5.74, 6) is 0.544. The SMILES string of the molecule is C=C1CCN(Cc2ccncc2)CC/C=C\C=C/1C(=O)Nc1cccc(OC)c1. The Morgan fingerprint density at radius 2 is 2.07 bits per heavy atom. The molecule has 0 bridgehead atoms. The molecule has 5 heteroatoms. The van der Waals surface area contributed by atoms with E-state index in [4.69, 9.17) is 4.74 Å². The average molecular weight is 389 g/mol. The molecule has 1 aliphatic heterocycles. The molecule has 0 saturated heterocycles. The minimum atomic E-state index is -0.158. The van der Waals surface area contributed by atoms with Crippen molar-refractivity contribution in [3.8, 4) is 5.75 Å². The first-order chi connectivity index (χ1) is 14.2. The van der Waals surface area contributed by atoms with Gasteiger partial charge in [-0.05, 0) is 54.3 Å². The molecule has 0 fully saturated rings. The number of pyridine rings is 1. The summed E-state index contributed by atoms with van der Waals surface area (Å²) in [6, 6.07) is 11.4. The second kappa shape index (κ2) is 10.4. The van der Waals surface area contributed by atoms with Crippen molar-refractivity contribution in [3.63, 3.8) is 0 Å². The lowest BCUT2D eigenvalue weighted by Crippen LogP contribution is -2.27. The number of nitrogens with zero attached hydrogens (tertiary/aromatic N) is 2. The van der Waals surface area contributed by atoms with Gasteiger partial charge in [-0.1, -0.05) is 24.8 Å². The van der Waals surface area contributed by atoms with E-state index in [0.717, 1.165) is 38.0 Å². The summed E-state index contributed by atoms with van der Waals surface area (Å²) < 4.78 is 5.23. The molecule has 1 N–H and O–H groups in total. The zero-order valence-electron chi connectivity index (χ0n) is 16.8. The molecular weight excluding hydrogens is 362 g/mol. The van der Waals surface area contributed by atoms with Crippen LogP contribution < -0.4 is 10.1 Å². The third-order valence-electron chi connectivity index (χ3n) is 4.85. The van der Waals surface area contributed by atoms with E-state index < -0.39 is 0 Å². The fraction of sp³-hybridized carbons (Fsp3) is 0.250. The molecule has 0 saturated carbocycles. The van der Waals surface area contributed by atoms with Gasteiger partial charge in [0.05, 0.1) is 7.11 Å². The number of amides is 1. The van der Waals surface area contributed by atoms with Crippen LogP contribution in [0.25, 0.3) is 0 Å². The van der Waals surface area contributed by atoms with Gasteiger partial charge in [-0.25, -0.2) is 0 Å². The molecule has 150 valence electrons. The fourth-order valence-electron chi connectivity index (χ4n) is 3.22. The van der Waals surface area contributed by atoms with Gasteiger partial charge in [-0.2, -0.15) is 0 Å². The first kappa shape index (κ1) is 20.6. The number of methoxy groups -OCH3 is 1. The smallest absolute Gasteiger partial charge is 0.255 e. The van der Waals surface area contributed by atoms with Crippen LogP contribution in [-0.4, -0.2) is 36.0 Å². The van der Waals surface area contributed by atoms with E-state index in [2.05, 4.69) is 27.9 Å². The number of rotatable bonds is 5. The van der Waals surface area contributed by atoms with Gasteiger partial charge in [0.15, 0.2) is 0 Å². The Balaban J connectivity index is 1.68. The fourth-order valence-corrected chi connectivity index (χ4v) is 3.22. The van der Waals surface area contributed by atoms with Crippen LogP contribution in [-0.2, 0) is 11.3 Å². The van der Waals surface area contributed by atoms with Gasteiger partial charge in [-0.15, -0.1) is 0 Å². The van der Waals surface area contributed by atoms with Crippen molar-refractivity contribution in [1.82, 2.24) is 9.88 Å². The second-order valence-corrected chi connectivity index (χ2v) is 6.97. The summed E-state index contributed by atoms with van der Waals surface area (Å²) in [6.07, 6.45) is 11.2. The van der Waals surface area contributed by atoms with Gasteiger partial charge in [0.2, 0.25) is 0 Å². The Labute approximate surface area is 172 Å². The van der Waals surface area contributed by atoms with Gasteiger partial charge in [-0.3, -0.25) is 14.7 Å². The number of hydrogen-bond acceptors (Lipinski definition) is 4. The van der Waals surface area contributed by atoms with Crippen LogP contribution in [0.5, 0.6) is 5.75 Å². The van der Waals surface area contributed by atoms with Crippen LogP contribution in [0.2, 0.25) is 0 Å². The maximum absolute atomic E-state index is 12.9. The molecule has 29 heavy (non-hydrogen) atoms. The molecule has 1 aliphatic rings. The molecular formula is C24H27N3O2. The highest BCUT2D eigenvalue weighted by Gasteiger charge is 2.15. The number of nitrogens with one attached hydrogen (secondary N) is 1. The number of aromatic nitrogens is 1.